The lowest BCUT2D eigenvalue weighted by Gasteiger charge is -2.06. The molecule has 0 aliphatic rings. The van der Waals surface area contributed by atoms with Gasteiger partial charge in [-0.2, -0.15) is 0 Å². The molecule has 94 valence electrons. The van der Waals surface area contributed by atoms with Crippen LogP contribution in [0.3, 0.4) is 0 Å². The summed E-state index contributed by atoms with van der Waals surface area (Å²) in [5, 5.41) is 7.84. The number of nitrogens with two attached hydrogens (primary N) is 1. The zero-order valence-electron chi connectivity index (χ0n) is 10.0. The minimum Gasteiger partial charge on any atom is -0.494 e. The highest BCUT2D eigenvalue weighted by molar-refractivity contribution is 7.80. The molecule has 2 N–H and O–H groups in total. The molecule has 0 amide bonds. The van der Waals surface area contributed by atoms with Gasteiger partial charge in [-0.1, -0.05) is 17.4 Å². The first-order valence-electron chi connectivity index (χ1n) is 5.60. The summed E-state index contributed by atoms with van der Waals surface area (Å²) in [5.74, 6) is 0.842. The van der Waals surface area contributed by atoms with Crippen molar-refractivity contribution in [1.82, 2.24) is 15.0 Å². The van der Waals surface area contributed by atoms with Gasteiger partial charge in [-0.15, -0.1) is 5.10 Å². The molecule has 2 rings (SSSR count). The number of ether oxygens (including phenoxy) is 1. The number of rotatable bonds is 5. The number of thiocarbonyl (C=S) groups is 1. The first-order chi connectivity index (χ1) is 8.70. The van der Waals surface area contributed by atoms with E-state index in [-0.39, 0.29) is 0 Å². The van der Waals surface area contributed by atoms with Crippen molar-refractivity contribution in [3.05, 3.63) is 30.5 Å². The van der Waals surface area contributed by atoms with Gasteiger partial charge in [0.2, 0.25) is 0 Å². The Labute approximate surface area is 111 Å². The SMILES string of the molecule is CCOc1ccc(-c2cnnn2CC(N)=S)cc1. The molecule has 0 bridgehead atoms. The number of benzene rings is 1. The maximum absolute atomic E-state index is 5.52. The second-order valence-corrected chi connectivity index (χ2v) is 4.22. The molecule has 0 unspecified atom stereocenters. The van der Waals surface area contributed by atoms with Crippen LogP contribution in [0.25, 0.3) is 11.3 Å². The largest absolute Gasteiger partial charge is 0.494 e. The summed E-state index contributed by atoms with van der Waals surface area (Å²) in [6.07, 6.45) is 1.69. The summed E-state index contributed by atoms with van der Waals surface area (Å²) in [4.78, 5) is 0.382. The average molecular weight is 262 g/mol. The zero-order valence-corrected chi connectivity index (χ0v) is 10.9. The van der Waals surface area contributed by atoms with Crippen molar-refractivity contribution in [2.45, 2.75) is 13.5 Å². The molecule has 0 radical (unpaired) electrons. The second kappa shape index (κ2) is 5.59. The Morgan fingerprint density at radius 1 is 1.39 bits per heavy atom. The van der Waals surface area contributed by atoms with Gasteiger partial charge in [0.15, 0.2) is 0 Å². The summed E-state index contributed by atoms with van der Waals surface area (Å²) >= 11 is 4.88. The fourth-order valence-corrected chi connectivity index (χ4v) is 1.76. The highest BCUT2D eigenvalue weighted by Crippen LogP contribution is 2.21. The summed E-state index contributed by atoms with van der Waals surface area (Å²) < 4.78 is 7.07. The van der Waals surface area contributed by atoms with Crippen LogP contribution in [0.15, 0.2) is 30.5 Å². The topological polar surface area (TPSA) is 66.0 Å². The Hall–Kier alpha value is -1.95. The van der Waals surface area contributed by atoms with Gasteiger partial charge in [0.05, 0.1) is 30.0 Å². The van der Waals surface area contributed by atoms with E-state index in [9.17, 15) is 0 Å². The van der Waals surface area contributed by atoms with E-state index in [0.29, 0.717) is 18.1 Å². The number of hydrogen-bond acceptors (Lipinski definition) is 4. The van der Waals surface area contributed by atoms with Crippen LogP contribution in [-0.4, -0.2) is 26.6 Å². The lowest BCUT2D eigenvalue weighted by Crippen LogP contribution is -2.18. The minimum absolute atomic E-state index is 0.382. The molecule has 1 heterocycles. The standard InChI is InChI=1S/C12H14N4OS/c1-2-17-10-5-3-9(4-6-10)11-7-14-15-16(11)8-12(13)18/h3-7H,2,8H2,1H3,(H2,13,18). The molecule has 1 aromatic heterocycles. The molecule has 0 aliphatic heterocycles. The number of nitrogens with zero attached hydrogens (tertiary/aromatic N) is 3. The molecule has 5 nitrogen and oxygen atoms in total. The van der Waals surface area contributed by atoms with Crippen LogP contribution in [0.4, 0.5) is 0 Å². The first-order valence-corrected chi connectivity index (χ1v) is 6.01. The Bertz CT molecular complexity index is 535. The Morgan fingerprint density at radius 3 is 2.72 bits per heavy atom. The lowest BCUT2D eigenvalue weighted by molar-refractivity contribution is 0.340. The van der Waals surface area contributed by atoms with Gasteiger partial charge in [0.25, 0.3) is 0 Å². The predicted molar refractivity (Wildman–Crippen MR) is 73.4 cm³/mol. The Balaban J connectivity index is 2.25. The quantitative estimate of drug-likeness (QED) is 0.830. The van der Waals surface area contributed by atoms with E-state index in [1.165, 1.54) is 0 Å². The van der Waals surface area contributed by atoms with Crippen LogP contribution in [0.1, 0.15) is 6.92 Å². The van der Waals surface area contributed by atoms with Crippen molar-refractivity contribution < 1.29 is 4.74 Å². The van der Waals surface area contributed by atoms with Gasteiger partial charge < -0.3 is 10.5 Å². The number of aromatic nitrogens is 3. The van der Waals surface area contributed by atoms with Crippen LogP contribution >= 0.6 is 12.2 Å². The van der Waals surface area contributed by atoms with Crippen LogP contribution in [0.5, 0.6) is 5.75 Å². The van der Waals surface area contributed by atoms with E-state index in [1.807, 2.05) is 31.2 Å². The lowest BCUT2D eigenvalue weighted by atomic mass is 10.1. The van der Waals surface area contributed by atoms with Crippen molar-refractivity contribution in [1.29, 1.82) is 0 Å². The number of hydrogen-bond donors (Lipinski definition) is 1. The van der Waals surface area contributed by atoms with E-state index < -0.39 is 0 Å². The molecule has 6 heteroatoms. The maximum atomic E-state index is 5.52. The summed E-state index contributed by atoms with van der Waals surface area (Å²) in [6, 6.07) is 7.74. The van der Waals surface area contributed by atoms with Crippen molar-refractivity contribution in [2.75, 3.05) is 6.61 Å². The molecule has 0 saturated carbocycles. The first kappa shape index (κ1) is 12.5. The van der Waals surface area contributed by atoms with Gasteiger partial charge in [-0.25, -0.2) is 4.68 Å². The molecule has 0 spiro atoms. The fourth-order valence-electron chi connectivity index (χ4n) is 1.63. The Morgan fingerprint density at radius 2 is 2.11 bits per heavy atom. The van der Waals surface area contributed by atoms with E-state index in [0.717, 1.165) is 17.0 Å². The van der Waals surface area contributed by atoms with Crippen LogP contribution < -0.4 is 10.5 Å². The molecule has 18 heavy (non-hydrogen) atoms. The fraction of sp³-hybridized carbons (Fsp3) is 0.250. The summed E-state index contributed by atoms with van der Waals surface area (Å²) in [6.45, 7) is 2.99. The van der Waals surface area contributed by atoms with E-state index >= 15 is 0 Å². The van der Waals surface area contributed by atoms with Crippen LogP contribution in [0, 0.1) is 0 Å². The highest BCUT2D eigenvalue weighted by atomic mass is 32.1. The third kappa shape index (κ3) is 2.84. The monoisotopic (exact) mass is 262 g/mol. The van der Waals surface area contributed by atoms with Crippen LogP contribution in [-0.2, 0) is 6.54 Å². The molecule has 0 fully saturated rings. The summed E-state index contributed by atoms with van der Waals surface area (Å²) in [5.41, 5.74) is 7.40. The van der Waals surface area contributed by atoms with E-state index in [4.69, 9.17) is 22.7 Å². The normalized spacial score (nSPS) is 10.3. The van der Waals surface area contributed by atoms with Crippen molar-refractivity contribution in [2.24, 2.45) is 5.73 Å². The third-order valence-electron chi connectivity index (χ3n) is 2.38. The molecule has 2 aromatic rings. The minimum atomic E-state index is 0.382. The molecular weight excluding hydrogens is 248 g/mol. The third-order valence-corrected chi connectivity index (χ3v) is 2.51. The van der Waals surface area contributed by atoms with Gasteiger partial charge in [-0.05, 0) is 31.2 Å². The predicted octanol–water partition coefficient (Wildman–Crippen LogP) is 1.63. The molecule has 0 saturated heterocycles. The van der Waals surface area contributed by atoms with Gasteiger partial charge >= 0.3 is 0 Å². The van der Waals surface area contributed by atoms with Crippen LogP contribution in [0.2, 0.25) is 0 Å². The Kier molecular flexibility index (Phi) is 3.88. The van der Waals surface area contributed by atoms with Crippen molar-refractivity contribution in [3.63, 3.8) is 0 Å². The second-order valence-electron chi connectivity index (χ2n) is 3.70. The smallest absolute Gasteiger partial charge is 0.119 e. The summed E-state index contributed by atoms with van der Waals surface area (Å²) in [7, 11) is 0. The van der Waals surface area contributed by atoms with Gasteiger partial charge in [0.1, 0.15) is 5.75 Å². The average Bonchev–Trinajstić information content (AvgIpc) is 2.78. The molecule has 1 aromatic carbocycles. The van der Waals surface area contributed by atoms with Crippen molar-refractivity contribution in [3.8, 4) is 17.0 Å². The van der Waals surface area contributed by atoms with Crippen molar-refractivity contribution >= 4 is 17.2 Å². The molecule has 0 aliphatic carbocycles. The van der Waals surface area contributed by atoms with E-state index in [2.05, 4.69) is 10.3 Å². The van der Waals surface area contributed by atoms with E-state index in [1.54, 1.807) is 10.9 Å². The molecular formula is C12H14N4OS. The zero-order chi connectivity index (χ0) is 13.0. The highest BCUT2D eigenvalue weighted by Gasteiger charge is 2.07. The molecule has 0 atom stereocenters. The van der Waals surface area contributed by atoms with Gasteiger partial charge in [-0.3, -0.25) is 0 Å². The van der Waals surface area contributed by atoms with Gasteiger partial charge in [0, 0.05) is 5.56 Å². The maximum Gasteiger partial charge on any atom is 0.119 e.